The minimum Gasteiger partial charge on any atom is -0.465 e. The fraction of sp³-hybridized carbons (Fsp3) is 0.200. The normalized spacial score (nSPS) is 10.1. The van der Waals surface area contributed by atoms with E-state index in [0.717, 1.165) is 11.3 Å². The maximum absolute atomic E-state index is 12.1. The molecule has 0 aromatic carbocycles. The maximum Gasteiger partial charge on any atom is 0.348 e. The molecule has 2 rings (SSSR count). The van der Waals surface area contributed by atoms with Crippen LogP contribution in [0.3, 0.4) is 0 Å². The van der Waals surface area contributed by atoms with Gasteiger partial charge in [-0.3, -0.25) is 0 Å². The summed E-state index contributed by atoms with van der Waals surface area (Å²) in [6, 6.07) is 3.39. The number of carbonyl (C=O) groups excluding carboxylic acids is 2. The number of rotatable bonds is 4. The van der Waals surface area contributed by atoms with E-state index in [1.54, 1.807) is 25.3 Å². The predicted octanol–water partition coefficient (Wildman–Crippen LogP) is 3.49. The Morgan fingerprint density at radius 1 is 1.24 bits per heavy atom. The number of pyridine rings is 1. The Bertz CT molecular complexity index is 838. The summed E-state index contributed by atoms with van der Waals surface area (Å²) in [5, 5.41) is 6.55. The highest BCUT2D eigenvalue weighted by molar-refractivity contribution is 7.80. The number of thiocarbonyl (C=S) groups is 1. The summed E-state index contributed by atoms with van der Waals surface area (Å²) in [6.45, 7) is 1.63. The zero-order valence-electron chi connectivity index (χ0n) is 13.5. The van der Waals surface area contributed by atoms with Gasteiger partial charge in [0.1, 0.15) is 9.88 Å². The third-order valence-electron chi connectivity index (χ3n) is 3.14. The molecule has 0 unspecified atom stereocenters. The maximum atomic E-state index is 12.1. The van der Waals surface area contributed by atoms with Crippen molar-refractivity contribution in [3.8, 4) is 0 Å². The Balaban J connectivity index is 2.31. The van der Waals surface area contributed by atoms with E-state index in [-0.39, 0.29) is 20.7 Å². The largest absolute Gasteiger partial charge is 0.465 e. The van der Waals surface area contributed by atoms with Crippen LogP contribution in [0.5, 0.6) is 0 Å². The lowest BCUT2D eigenvalue weighted by Crippen LogP contribution is -2.20. The molecule has 0 amide bonds. The van der Waals surface area contributed by atoms with Crippen LogP contribution in [-0.2, 0) is 9.47 Å². The van der Waals surface area contributed by atoms with Gasteiger partial charge in [0.15, 0.2) is 10.3 Å². The van der Waals surface area contributed by atoms with Crippen molar-refractivity contribution in [2.45, 2.75) is 6.92 Å². The molecule has 0 saturated carbocycles. The number of aromatic nitrogens is 1. The van der Waals surface area contributed by atoms with E-state index in [9.17, 15) is 9.59 Å². The molecule has 0 aliphatic carbocycles. The van der Waals surface area contributed by atoms with Gasteiger partial charge in [-0.2, -0.15) is 0 Å². The minimum absolute atomic E-state index is 0.178. The van der Waals surface area contributed by atoms with E-state index in [0.29, 0.717) is 16.3 Å². The first-order chi connectivity index (χ1) is 11.9. The van der Waals surface area contributed by atoms with Crippen molar-refractivity contribution in [1.29, 1.82) is 0 Å². The second-order valence-corrected chi connectivity index (χ2v) is 6.45. The number of thiophene rings is 1. The standard InChI is InChI=1S/C15H14ClN3O4S2/c1-7-9(13(20)22-2)12(25-10(7)14(21)23-3)19-15(24)18-8-5-4-6-17-11(8)16/h4-6H,1-3H3,(H2,18,19,24). The molecule has 0 saturated heterocycles. The third kappa shape index (κ3) is 4.25. The van der Waals surface area contributed by atoms with E-state index < -0.39 is 11.9 Å². The summed E-state index contributed by atoms with van der Waals surface area (Å²) in [4.78, 5) is 28.2. The average Bonchev–Trinajstić information content (AvgIpc) is 2.91. The molecule has 0 aliphatic heterocycles. The van der Waals surface area contributed by atoms with Crippen molar-refractivity contribution < 1.29 is 19.1 Å². The van der Waals surface area contributed by atoms with Crippen LogP contribution in [0.2, 0.25) is 5.15 Å². The number of anilines is 2. The molecule has 25 heavy (non-hydrogen) atoms. The van der Waals surface area contributed by atoms with Crippen molar-refractivity contribution in [2.75, 3.05) is 24.9 Å². The Labute approximate surface area is 158 Å². The van der Waals surface area contributed by atoms with Gasteiger partial charge in [0.05, 0.1) is 25.5 Å². The van der Waals surface area contributed by atoms with E-state index in [2.05, 4.69) is 15.6 Å². The molecule has 0 spiro atoms. The second kappa shape index (κ2) is 8.24. The lowest BCUT2D eigenvalue weighted by Gasteiger charge is -2.11. The van der Waals surface area contributed by atoms with Crippen molar-refractivity contribution in [3.05, 3.63) is 39.5 Å². The number of hydrogen-bond acceptors (Lipinski definition) is 7. The van der Waals surface area contributed by atoms with Gasteiger partial charge in [-0.25, -0.2) is 14.6 Å². The number of nitrogens with one attached hydrogen (secondary N) is 2. The number of methoxy groups -OCH3 is 2. The van der Waals surface area contributed by atoms with Crippen molar-refractivity contribution in [3.63, 3.8) is 0 Å². The van der Waals surface area contributed by atoms with Crippen LogP contribution in [0.4, 0.5) is 10.7 Å². The molecule has 2 aromatic heterocycles. The van der Waals surface area contributed by atoms with Gasteiger partial charge < -0.3 is 20.1 Å². The molecule has 0 atom stereocenters. The van der Waals surface area contributed by atoms with Crippen molar-refractivity contribution in [2.24, 2.45) is 0 Å². The molecule has 0 fully saturated rings. The van der Waals surface area contributed by atoms with Gasteiger partial charge in [0.2, 0.25) is 0 Å². The Kier molecular flexibility index (Phi) is 6.29. The van der Waals surface area contributed by atoms with Gasteiger partial charge in [0, 0.05) is 6.20 Å². The van der Waals surface area contributed by atoms with Gasteiger partial charge in [-0.05, 0) is 36.8 Å². The van der Waals surface area contributed by atoms with Gasteiger partial charge in [0.25, 0.3) is 0 Å². The summed E-state index contributed by atoms with van der Waals surface area (Å²) in [7, 11) is 2.52. The highest BCUT2D eigenvalue weighted by atomic mass is 35.5. The minimum atomic E-state index is -0.589. The van der Waals surface area contributed by atoms with Crippen LogP contribution in [0.25, 0.3) is 0 Å². The monoisotopic (exact) mass is 399 g/mol. The average molecular weight is 400 g/mol. The predicted molar refractivity (Wildman–Crippen MR) is 101 cm³/mol. The van der Waals surface area contributed by atoms with Crippen LogP contribution < -0.4 is 10.6 Å². The smallest absolute Gasteiger partial charge is 0.348 e. The van der Waals surface area contributed by atoms with E-state index in [1.807, 2.05) is 0 Å². The van der Waals surface area contributed by atoms with E-state index in [1.165, 1.54) is 14.2 Å². The Morgan fingerprint density at radius 2 is 1.92 bits per heavy atom. The van der Waals surface area contributed by atoms with Gasteiger partial charge in [-0.1, -0.05) is 11.6 Å². The highest BCUT2D eigenvalue weighted by Crippen LogP contribution is 2.34. The Hall–Kier alpha value is -2.23. The molecule has 2 aromatic rings. The quantitative estimate of drug-likeness (QED) is 0.458. The number of hydrogen-bond donors (Lipinski definition) is 2. The van der Waals surface area contributed by atoms with E-state index >= 15 is 0 Å². The fourth-order valence-electron chi connectivity index (χ4n) is 1.97. The molecule has 7 nitrogen and oxygen atoms in total. The van der Waals surface area contributed by atoms with Crippen LogP contribution in [0, 0.1) is 6.92 Å². The lowest BCUT2D eigenvalue weighted by molar-refractivity contribution is 0.0601. The molecule has 0 radical (unpaired) electrons. The molecule has 0 bridgehead atoms. The van der Waals surface area contributed by atoms with Crippen LogP contribution in [0.15, 0.2) is 18.3 Å². The molecular weight excluding hydrogens is 386 g/mol. The van der Waals surface area contributed by atoms with Crippen molar-refractivity contribution in [1.82, 2.24) is 4.98 Å². The number of nitrogens with zero attached hydrogens (tertiary/aromatic N) is 1. The molecule has 0 aliphatic rings. The molecule has 132 valence electrons. The zero-order chi connectivity index (χ0) is 18.6. The zero-order valence-corrected chi connectivity index (χ0v) is 15.9. The second-order valence-electron chi connectivity index (χ2n) is 4.66. The summed E-state index contributed by atoms with van der Waals surface area (Å²) >= 11 is 12.3. The molecule has 2 heterocycles. The van der Waals surface area contributed by atoms with E-state index in [4.69, 9.17) is 33.3 Å². The highest BCUT2D eigenvalue weighted by Gasteiger charge is 2.26. The first kappa shape index (κ1) is 19.1. The Morgan fingerprint density at radius 3 is 2.52 bits per heavy atom. The summed E-state index contributed by atoms with van der Waals surface area (Å²) < 4.78 is 9.52. The fourth-order valence-corrected chi connectivity index (χ4v) is 3.53. The SMILES string of the molecule is COC(=O)c1sc(NC(=S)Nc2cccnc2Cl)c(C(=O)OC)c1C. The lowest BCUT2D eigenvalue weighted by atomic mass is 10.1. The first-order valence-corrected chi connectivity index (χ1v) is 8.47. The number of ether oxygens (including phenoxy) is 2. The number of halogens is 1. The van der Waals surface area contributed by atoms with Gasteiger partial charge >= 0.3 is 11.9 Å². The number of esters is 2. The summed E-state index contributed by atoms with van der Waals surface area (Å²) in [5.74, 6) is -1.14. The first-order valence-electron chi connectivity index (χ1n) is 6.87. The van der Waals surface area contributed by atoms with Crippen LogP contribution in [0.1, 0.15) is 25.6 Å². The summed E-state index contributed by atoms with van der Waals surface area (Å²) in [6.07, 6.45) is 1.55. The molecule has 2 N–H and O–H groups in total. The van der Waals surface area contributed by atoms with Crippen LogP contribution >= 0.6 is 35.2 Å². The molecular formula is C15H14ClN3O4S2. The summed E-state index contributed by atoms with van der Waals surface area (Å²) in [5.41, 5.74) is 1.17. The van der Waals surface area contributed by atoms with Crippen molar-refractivity contribution >= 4 is 62.9 Å². The van der Waals surface area contributed by atoms with Gasteiger partial charge in [-0.15, -0.1) is 11.3 Å². The van der Waals surface area contributed by atoms with Crippen LogP contribution in [-0.4, -0.2) is 36.3 Å². The third-order valence-corrected chi connectivity index (χ3v) is 4.83. The molecule has 10 heteroatoms. The topological polar surface area (TPSA) is 89.5 Å². The number of carbonyl (C=O) groups is 2.